The Hall–Kier alpha value is -1.37. The number of hydrogen-bond acceptors (Lipinski definition) is 2. The summed E-state index contributed by atoms with van der Waals surface area (Å²) >= 11 is 0. The van der Waals surface area contributed by atoms with Gasteiger partial charge in [-0.2, -0.15) is 0 Å². The summed E-state index contributed by atoms with van der Waals surface area (Å²) in [5.41, 5.74) is 6.77. The highest BCUT2D eigenvalue weighted by atomic mass is 19.1. The van der Waals surface area contributed by atoms with Crippen molar-refractivity contribution >= 4 is 0 Å². The van der Waals surface area contributed by atoms with E-state index in [-0.39, 0.29) is 5.82 Å². The van der Waals surface area contributed by atoms with Gasteiger partial charge in [0.2, 0.25) is 0 Å². The zero-order valence-corrected chi connectivity index (χ0v) is 12.3. The summed E-state index contributed by atoms with van der Waals surface area (Å²) in [6.45, 7) is 5.44. The molecule has 0 bridgehead atoms. The van der Waals surface area contributed by atoms with E-state index in [1.54, 1.807) is 0 Å². The SMILES string of the molecule is CC1CCCC(C)N1Cc1ccc(C#CCN)cc1F. The van der Waals surface area contributed by atoms with Crippen molar-refractivity contribution in [3.63, 3.8) is 0 Å². The van der Waals surface area contributed by atoms with Crippen LogP contribution in [0.3, 0.4) is 0 Å². The molecular formula is C17H23FN2. The minimum atomic E-state index is -0.168. The van der Waals surface area contributed by atoms with Gasteiger partial charge < -0.3 is 5.73 Å². The number of likely N-dealkylation sites (tertiary alicyclic amines) is 1. The molecule has 20 heavy (non-hydrogen) atoms. The fourth-order valence-electron chi connectivity index (χ4n) is 2.89. The second-order valence-corrected chi connectivity index (χ2v) is 5.61. The number of nitrogens with zero attached hydrogens (tertiary/aromatic N) is 1. The van der Waals surface area contributed by atoms with Gasteiger partial charge in [-0.05, 0) is 38.8 Å². The van der Waals surface area contributed by atoms with E-state index in [9.17, 15) is 4.39 Å². The van der Waals surface area contributed by atoms with E-state index in [4.69, 9.17) is 5.73 Å². The number of halogens is 1. The summed E-state index contributed by atoms with van der Waals surface area (Å²) in [5, 5.41) is 0. The van der Waals surface area contributed by atoms with Crippen LogP contribution >= 0.6 is 0 Å². The second-order valence-electron chi connectivity index (χ2n) is 5.61. The first-order chi connectivity index (χ1) is 9.61. The summed E-state index contributed by atoms with van der Waals surface area (Å²) in [7, 11) is 0. The molecule has 2 nitrogen and oxygen atoms in total. The Bertz CT molecular complexity index is 505. The van der Waals surface area contributed by atoms with Crippen LogP contribution in [0.1, 0.15) is 44.2 Å². The molecule has 1 heterocycles. The second kappa shape index (κ2) is 6.88. The average Bonchev–Trinajstić information content (AvgIpc) is 2.42. The highest BCUT2D eigenvalue weighted by Gasteiger charge is 2.25. The molecule has 1 saturated heterocycles. The van der Waals surface area contributed by atoms with Crippen LogP contribution in [0.2, 0.25) is 0 Å². The number of benzene rings is 1. The minimum absolute atomic E-state index is 0.168. The van der Waals surface area contributed by atoms with Crippen molar-refractivity contribution in [1.82, 2.24) is 4.90 Å². The summed E-state index contributed by atoms with van der Waals surface area (Å²) in [4.78, 5) is 2.40. The van der Waals surface area contributed by atoms with E-state index < -0.39 is 0 Å². The molecule has 2 atom stereocenters. The highest BCUT2D eigenvalue weighted by Crippen LogP contribution is 2.25. The molecule has 0 radical (unpaired) electrons. The van der Waals surface area contributed by atoms with Crippen LogP contribution in [0.5, 0.6) is 0 Å². The lowest BCUT2D eigenvalue weighted by Crippen LogP contribution is -2.43. The summed E-state index contributed by atoms with van der Waals surface area (Å²) in [6.07, 6.45) is 3.67. The number of nitrogens with two attached hydrogens (primary N) is 1. The molecular weight excluding hydrogens is 251 g/mol. The largest absolute Gasteiger partial charge is 0.320 e. The minimum Gasteiger partial charge on any atom is -0.320 e. The number of hydrogen-bond donors (Lipinski definition) is 1. The van der Waals surface area contributed by atoms with Crippen LogP contribution in [0.4, 0.5) is 4.39 Å². The third kappa shape index (κ3) is 3.59. The molecule has 2 rings (SSSR count). The van der Waals surface area contributed by atoms with Gasteiger partial charge in [-0.3, -0.25) is 4.90 Å². The monoisotopic (exact) mass is 274 g/mol. The van der Waals surface area contributed by atoms with Crippen LogP contribution in [0.25, 0.3) is 0 Å². The van der Waals surface area contributed by atoms with Gasteiger partial charge in [-0.1, -0.05) is 24.3 Å². The number of rotatable bonds is 2. The molecule has 1 aromatic rings. The maximum atomic E-state index is 14.2. The third-order valence-electron chi connectivity index (χ3n) is 4.12. The summed E-state index contributed by atoms with van der Waals surface area (Å²) in [6, 6.07) is 6.28. The van der Waals surface area contributed by atoms with Crippen molar-refractivity contribution in [1.29, 1.82) is 0 Å². The van der Waals surface area contributed by atoms with Gasteiger partial charge in [0.15, 0.2) is 0 Å². The Morgan fingerprint density at radius 2 is 2.00 bits per heavy atom. The van der Waals surface area contributed by atoms with Crippen LogP contribution in [0, 0.1) is 17.7 Å². The Labute approximate surface area is 121 Å². The summed E-state index contributed by atoms with van der Waals surface area (Å²) < 4.78 is 14.2. The molecule has 0 aromatic heterocycles. The van der Waals surface area contributed by atoms with Crippen molar-refractivity contribution in [2.24, 2.45) is 5.73 Å². The smallest absolute Gasteiger partial charge is 0.128 e. The Morgan fingerprint density at radius 1 is 1.30 bits per heavy atom. The highest BCUT2D eigenvalue weighted by molar-refractivity contribution is 5.37. The van der Waals surface area contributed by atoms with E-state index in [1.807, 2.05) is 12.1 Å². The Morgan fingerprint density at radius 3 is 2.60 bits per heavy atom. The quantitative estimate of drug-likeness (QED) is 0.840. The molecule has 0 saturated carbocycles. The van der Waals surface area contributed by atoms with Crippen molar-refractivity contribution in [3.8, 4) is 11.8 Å². The molecule has 0 amide bonds. The van der Waals surface area contributed by atoms with Crippen molar-refractivity contribution in [2.45, 2.75) is 51.7 Å². The topological polar surface area (TPSA) is 29.3 Å². The van der Waals surface area contributed by atoms with Crippen molar-refractivity contribution in [2.75, 3.05) is 6.54 Å². The van der Waals surface area contributed by atoms with Gasteiger partial charge >= 0.3 is 0 Å². The van der Waals surface area contributed by atoms with E-state index in [0.717, 1.165) is 5.56 Å². The zero-order chi connectivity index (χ0) is 14.5. The third-order valence-corrected chi connectivity index (χ3v) is 4.12. The first-order valence-electron chi connectivity index (χ1n) is 7.35. The predicted octanol–water partition coefficient (Wildman–Crippen LogP) is 2.90. The van der Waals surface area contributed by atoms with E-state index >= 15 is 0 Å². The first-order valence-corrected chi connectivity index (χ1v) is 7.35. The van der Waals surface area contributed by atoms with Crippen LogP contribution in [-0.2, 0) is 6.54 Å². The fourth-order valence-corrected chi connectivity index (χ4v) is 2.89. The first kappa shape index (κ1) is 15.0. The molecule has 2 N–H and O–H groups in total. The molecule has 108 valence electrons. The normalized spacial score (nSPS) is 23.2. The zero-order valence-electron chi connectivity index (χ0n) is 12.3. The van der Waals surface area contributed by atoms with Crippen LogP contribution < -0.4 is 5.73 Å². The van der Waals surface area contributed by atoms with Gasteiger partial charge in [0, 0.05) is 29.8 Å². The molecule has 0 spiro atoms. The average molecular weight is 274 g/mol. The molecule has 0 aliphatic carbocycles. The van der Waals surface area contributed by atoms with E-state index in [2.05, 4.69) is 30.6 Å². The lowest BCUT2D eigenvalue weighted by molar-refractivity contribution is 0.0940. The van der Waals surface area contributed by atoms with Crippen molar-refractivity contribution in [3.05, 3.63) is 35.1 Å². The Kier molecular flexibility index (Phi) is 5.17. The maximum absolute atomic E-state index is 14.2. The fraction of sp³-hybridized carbons (Fsp3) is 0.529. The molecule has 1 aromatic carbocycles. The maximum Gasteiger partial charge on any atom is 0.128 e. The molecule has 1 fully saturated rings. The van der Waals surface area contributed by atoms with Crippen LogP contribution in [0.15, 0.2) is 18.2 Å². The standard InChI is InChI=1S/C17H23FN2/c1-13-5-3-6-14(2)20(13)12-16-9-8-15(7-4-10-19)11-17(16)18/h8-9,11,13-14H,3,5-6,10,12,19H2,1-2H3. The number of piperidine rings is 1. The Balaban J connectivity index is 2.13. The van der Waals surface area contributed by atoms with Gasteiger partial charge in [0.25, 0.3) is 0 Å². The van der Waals surface area contributed by atoms with Crippen LogP contribution in [-0.4, -0.2) is 23.5 Å². The summed E-state index contributed by atoms with van der Waals surface area (Å²) in [5.74, 6) is 5.44. The molecule has 1 aliphatic rings. The van der Waals surface area contributed by atoms with Gasteiger partial charge in [0.05, 0.1) is 6.54 Å². The molecule has 3 heteroatoms. The van der Waals surface area contributed by atoms with Gasteiger partial charge in [-0.15, -0.1) is 0 Å². The molecule has 1 aliphatic heterocycles. The van der Waals surface area contributed by atoms with E-state index in [1.165, 1.54) is 25.3 Å². The van der Waals surface area contributed by atoms with Gasteiger partial charge in [-0.25, -0.2) is 4.39 Å². The lowest BCUT2D eigenvalue weighted by Gasteiger charge is -2.39. The lowest BCUT2D eigenvalue weighted by atomic mass is 9.96. The molecule has 2 unspecified atom stereocenters. The van der Waals surface area contributed by atoms with Crippen molar-refractivity contribution < 1.29 is 4.39 Å². The predicted molar refractivity (Wildman–Crippen MR) is 80.7 cm³/mol. The van der Waals surface area contributed by atoms with E-state index in [0.29, 0.717) is 30.7 Å². The van der Waals surface area contributed by atoms with Gasteiger partial charge in [0.1, 0.15) is 5.82 Å².